The topological polar surface area (TPSA) is 34.1 Å². The van der Waals surface area contributed by atoms with Crippen molar-refractivity contribution in [3.63, 3.8) is 0 Å². The zero-order chi connectivity index (χ0) is 17.9. The number of Topliss-reactive ketones (excluding diaryl/α,β-unsaturated/α-hetero) is 2. The third-order valence-corrected chi connectivity index (χ3v) is 4.71. The van der Waals surface area contributed by atoms with Crippen LogP contribution in [0, 0.1) is 11.3 Å². The number of benzene rings is 2. The van der Waals surface area contributed by atoms with Crippen LogP contribution in [0.1, 0.15) is 55.3 Å². The summed E-state index contributed by atoms with van der Waals surface area (Å²) in [6.45, 7) is 9.60. The van der Waals surface area contributed by atoms with E-state index in [0.717, 1.165) is 20.9 Å². The lowest BCUT2D eigenvalue weighted by Gasteiger charge is -2.16. The highest BCUT2D eigenvalue weighted by Crippen LogP contribution is 2.29. The van der Waals surface area contributed by atoms with Gasteiger partial charge in [0.1, 0.15) is 0 Å². The molecule has 0 amide bonds. The van der Waals surface area contributed by atoms with Crippen LogP contribution in [0.25, 0.3) is 0 Å². The Hall–Kier alpha value is -1.87. The SMILES string of the molecule is CC(C)C(=O)c1ccc(Sc2ccc(C(=O)C(C)(C)C)cc2)cc1. The summed E-state index contributed by atoms with van der Waals surface area (Å²) in [6, 6.07) is 15.4. The summed E-state index contributed by atoms with van der Waals surface area (Å²) in [7, 11) is 0. The third kappa shape index (κ3) is 4.57. The Morgan fingerprint density at radius 3 is 1.58 bits per heavy atom. The number of ketones is 2. The molecule has 0 fully saturated rings. The number of hydrogen-bond donors (Lipinski definition) is 0. The molecule has 0 aromatic heterocycles. The molecule has 3 heteroatoms. The molecule has 0 spiro atoms. The quantitative estimate of drug-likeness (QED) is 0.635. The predicted molar refractivity (Wildman–Crippen MR) is 100.0 cm³/mol. The van der Waals surface area contributed by atoms with Gasteiger partial charge in [-0.2, -0.15) is 0 Å². The Bertz CT molecular complexity index is 720. The molecule has 0 saturated carbocycles. The lowest BCUT2D eigenvalue weighted by molar-refractivity contribution is 0.0858. The second-order valence-corrected chi connectivity index (χ2v) is 8.40. The average Bonchev–Trinajstić information content (AvgIpc) is 2.54. The van der Waals surface area contributed by atoms with Crippen LogP contribution >= 0.6 is 11.8 Å². The van der Waals surface area contributed by atoms with Crippen molar-refractivity contribution in [2.24, 2.45) is 11.3 Å². The van der Waals surface area contributed by atoms with Gasteiger partial charge < -0.3 is 0 Å². The minimum Gasteiger partial charge on any atom is -0.294 e. The van der Waals surface area contributed by atoms with E-state index in [1.807, 2.05) is 83.1 Å². The second-order valence-electron chi connectivity index (χ2n) is 7.25. The Morgan fingerprint density at radius 2 is 1.21 bits per heavy atom. The van der Waals surface area contributed by atoms with Crippen molar-refractivity contribution in [2.75, 3.05) is 0 Å². The molecule has 2 rings (SSSR count). The fraction of sp³-hybridized carbons (Fsp3) is 0.333. The highest BCUT2D eigenvalue weighted by atomic mass is 32.2. The maximum atomic E-state index is 12.3. The first-order chi connectivity index (χ1) is 11.2. The number of hydrogen-bond acceptors (Lipinski definition) is 3. The number of carbonyl (C=O) groups is 2. The molecule has 0 aliphatic heterocycles. The molecule has 0 bridgehead atoms. The Kier molecular flexibility index (Phi) is 5.66. The molecule has 0 saturated heterocycles. The van der Waals surface area contributed by atoms with Crippen LogP contribution in [0.2, 0.25) is 0 Å². The monoisotopic (exact) mass is 340 g/mol. The first-order valence-electron chi connectivity index (χ1n) is 8.15. The van der Waals surface area contributed by atoms with Gasteiger partial charge >= 0.3 is 0 Å². The van der Waals surface area contributed by atoms with Crippen LogP contribution < -0.4 is 0 Å². The summed E-state index contributed by atoms with van der Waals surface area (Å²) < 4.78 is 0. The summed E-state index contributed by atoms with van der Waals surface area (Å²) in [4.78, 5) is 26.4. The maximum absolute atomic E-state index is 12.3. The standard InChI is InChI=1S/C21H24O2S/c1-14(2)19(22)15-6-10-17(11-7-15)24-18-12-8-16(9-13-18)20(23)21(3,4)5/h6-14H,1-5H3. The van der Waals surface area contributed by atoms with E-state index in [1.165, 1.54) is 0 Å². The fourth-order valence-corrected chi connectivity index (χ4v) is 3.08. The zero-order valence-corrected chi connectivity index (χ0v) is 15.7. The van der Waals surface area contributed by atoms with Crippen LogP contribution in [0.5, 0.6) is 0 Å². The summed E-state index contributed by atoms with van der Waals surface area (Å²) in [5, 5.41) is 0. The molecular weight excluding hydrogens is 316 g/mol. The Balaban J connectivity index is 2.09. The summed E-state index contributed by atoms with van der Waals surface area (Å²) in [6.07, 6.45) is 0. The first-order valence-corrected chi connectivity index (χ1v) is 8.97. The zero-order valence-electron chi connectivity index (χ0n) is 14.9. The van der Waals surface area contributed by atoms with Crippen molar-refractivity contribution >= 4 is 23.3 Å². The molecule has 2 aromatic rings. The highest BCUT2D eigenvalue weighted by Gasteiger charge is 2.22. The van der Waals surface area contributed by atoms with E-state index in [1.54, 1.807) is 11.8 Å². The molecule has 2 nitrogen and oxygen atoms in total. The molecule has 24 heavy (non-hydrogen) atoms. The van der Waals surface area contributed by atoms with Crippen molar-refractivity contribution < 1.29 is 9.59 Å². The van der Waals surface area contributed by atoms with Gasteiger partial charge in [-0.3, -0.25) is 9.59 Å². The van der Waals surface area contributed by atoms with Crippen LogP contribution in [-0.4, -0.2) is 11.6 Å². The summed E-state index contributed by atoms with van der Waals surface area (Å²) in [5.41, 5.74) is 1.12. The molecule has 0 N–H and O–H groups in total. The molecule has 2 aromatic carbocycles. The van der Waals surface area contributed by atoms with Crippen LogP contribution in [0.15, 0.2) is 58.3 Å². The molecule has 0 heterocycles. The number of rotatable bonds is 5. The fourth-order valence-electron chi connectivity index (χ4n) is 2.26. The minimum atomic E-state index is -0.368. The smallest absolute Gasteiger partial charge is 0.168 e. The van der Waals surface area contributed by atoms with Gasteiger partial charge in [-0.1, -0.05) is 70.6 Å². The normalized spacial score (nSPS) is 11.6. The van der Waals surface area contributed by atoms with E-state index in [2.05, 4.69) is 0 Å². The van der Waals surface area contributed by atoms with E-state index in [0.29, 0.717) is 0 Å². The van der Waals surface area contributed by atoms with Crippen molar-refractivity contribution in [3.05, 3.63) is 59.7 Å². The van der Waals surface area contributed by atoms with Gasteiger partial charge in [0, 0.05) is 32.3 Å². The second kappa shape index (κ2) is 7.35. The third-order valence-electron chi connectivity index (χ3n) is 3.70. The minimum absolute atomic E-state index is 0.0106. The van der Waals surface area contributed by atoms with E-state index in [-0.39, 0.29) is 22.9 Å². The lowest BCUT2D eigenvalue weighted by atomic mass is 9.87. The first kappa shape index (κ1) is 18.5. The van der Waals surface area contributed by atoms with E-state index in [9.17, 15) is 9.59 Å². The maximum Gasteiger partial charge on any atom is 0.168 e. The van der Waals surface area contributed by atoms with Crippen LogP contribution in [0.4, 0.5) is 0 Å². The molecule has 0 aliphatic carbocycles. The van der Waals surface area contributed by atoms with Crippen molar-refractivity contribution in [1.82, 2.24) is 0 Å². The molecule has 0 unspecified atom stereocenters. The Morgan fingerprint density at radius 1 is 0.792 bits per heavy atom. The highest BCUT2D eigenvalue weighted by molar-refractivity contribution is 7.99. The van der Waals surface area contributed by atoms with Gasteiger partial charge in [0.05, 0.1) is 0 Å². The van der Waals surface area contributed by atoms with Crippen LogP contribution in [-0.2, 0) is 0 Å². The molecule has 126 valence electrons. The van der Waals surface area contributed by atoms with E-state index in [4.69, 9.17) is 0 Å². The van der Waals surface area contributed by atoms with Gasteiger partial charge in [0.2, 0.25) is 0 Å². The van der Waals surface area contributed by atoms with Gasteiger partial charge in [0.15, 0.2) is 11.6 Å². The largest absolute Gasteiger partial charge is 0.294 e. The average molecular weight is 340 g/mol. The molecule has 0 atom stereocenters. The molecular formula is C21H24O2S. The molecule has 0 radical (unpaired) electrons. The van der Waals surface area contributed by atoms with Crippen molar-refractivity contribution in [3.8, 4) is 0 Å². The van der Waals surface area contributed by atoms with E-state index < -0.39 is 0 Å². The Labute approximate surface area is 148 Å². The van der Waals surface area contributed by atoms with Gasteiger partial charge in [0.25, 0.3) is 0 Å². The predicted octanol–water partition coefficient (Wildman–Crippen LogP) is 5.91. The lowest BCUT2D eigenvalue weighted by Crippen LogP contribution is -2.19. The van der Waals surface area contributed by atoms with Crippen molar-refractivity contribution in [2.45, 2.75) is 44.4 Å². The van der Waals surface area contributed by atoms with Gasteiger partial charge in [-0.15, -0.1) is 0 Å². The summed E-state index contributed by atoms with van der Waals surface area (Å²) in [5.74, 6) is 0.323. The number of carbonyl (C=O) groups excluding carboxylic acids is 2. The van der Waals surface area contributed by atoms with Gasteiger partial charge in [-0.05, 0) is 24.3 Å². The van der Waals surface area contributed by atoms with Crippen molar-refractivity contribution in [1.29, 1.82) is 0 Å². The summed E-state index contributed by atoms with van der Waals surface area (Å²) >= 11 is 1.62. The van der Waals surface area contributed by atoms with Gasteiger partial charge in [-0.25, -0.2) is 0 Å². The van der Waals surface area contributed by atoms with E-state index >= 15 is 0 Å². The van der Waals surface area contributed by atoms with Crippen LogP contribution in [0.3, 0.4) is 0 Å². The molecule has 0 aliphatic rings.